The number of hydrogen-bond acceptors (Lipinski definition) is 2. The molecule has 0 heterocycles. The molecule has 0 fully saturated rings. The Morgan fingerprint density at radius 1 is 1.19 bits per heavy atom. The van der Waals surface area contributed by atoms with Crippen LogP contribution in [-0.4, -0.2) is 17.0 Å². The molecular weight excluding hydrogens is 290 g/mol. The van der Waals surface area contributed by atoms with E-state index in [9.17, 15) is 9.59 Å². The molecule has 2 aromatic rings. The van der Waals surface area contributed by atoms with Crippen LogP contribution in [0.3, 0.4) is 0 Å². The van der Waals surface area contributed by atoms with Gasteiger partial charge in [0.2, 0.25) is 5.91 Å². The molecule has 0 aliphatic heterocycles. The van der Waals surface area contributed by atoms with Crippen LogP contribution in [0.4, 0.5) is 5.69 Å². The monoisotopic (exact) mass is 303 g/mol. The molecule has 108 valence electrons. The number of carboxylic acid groups (broad SMARTS) is 1. The smallest absolute Gasteiger partial charge is 0.336 e. The van der Waals surface area contributed by atoms with Crippen molar-refractivity contribution in [3.63, 3.8) is 0 Å². The fourth-order valence-electron chi connectivity index (χ4n) is 2.03. The van der Waals surface area contributed by atoms with Gasteiger partial charge >= 0.3 is 5.97 Å². The number of amides is 1. The van der Waals surface area contributed by atoms with Gasteiger partial charge in [-0.15, -0.1) is 0 Å². The van der Waals surface area contributed by atoms with Gasteiger partial charge in [-0.2, -0.15) is 0 Å². The first kappa shape index (κ1) is 15.1. The summed E-state index contributed by atoms with van der Waals surface area (Å²) in [5, 5.41) is 12.4. The lowest BCUT2D eigenvalue weighted by Gasteiger charge is -2.10. The van der Waals surface area contributed by atoms with Crippen molar-refractivity contribution in [3.8, 4) is 0 Å². The minimum atomic E-state index is -1.02. The third-order valence-corrected chi connectivity index (χ3v) is 3.33. The second kappa shape index (κ2) is 6.41. The van der Waals surface area contributed by atoms with E-state index in [0.29, 0.717) is 16.3 Å². The molecule has 0 atom stereocenters. The molecule has 1 amide bonds. The van der Waals surface area contributed by atoms with E-state index in [0.717, 1.165) is 5.56 Å². The van der Waals surface area contributed by atoms with Gasteiger partial charge in [0.05, 0.1) is 12.0 Å². The van der Waals surface area contributed by atoms with Crippen molar-refractivity contribution >= 4 is 29.2 Å². The van der Waals surface area contributed by atoms with E-state index in [1.165, 1.54) is 6.07 Å². The topological polar surface area (TPSA) is 66.4 Å². The first-order valence-corrected chi connectivity index (χ1v) is 6.72. The Balaban J connectivity index is 2.13. The van der Waals surface area contributed by atoms with Crippen molar-refractivity contribution in [2.45, 2.75) is 13.3 Å². The number of aromatic carboxylic acids is 1. The maximum atomic E-state index is 12.0. The number of nitrogens with one attached hydrogen (secondary N) is 1. The summed E-state index contributed by atoms with van der Waals surface area (Å²) < 4.78 is 0. The number of hydrogen-bond donors (Lipinski definition) is 2. The summed E-state index contributed by atoms with van der Waals surface area (Å²) in [7, 11) is 0. The second-order valence-electron chi connectivity index (χ2n) is 4.64. The molecule has 0 aliphatic carbocycles. The maximum absolute atomic E-state index is 12.0. The Morgan fingerprint density at radius 3 is 2.57 bits per heavy atom. The molecule has 4 nitrogen and oxygen atoms in total. The van der Waals surface area contributed by atoms with Crippen LogP contribution in [-0.2, 0) is 11.2 Å². The van der Waals surface area contributed by atoms with Gasteiger partial charge in [-0.05, 0) is 42.3 Å². The maximum Gasteiger partial charge on any atom is 0.336 e. The lowest BCUT2D eigenvalue weighted by Crippen LogP contribution is -2.16. The third kappa shape index (κ3) is 3.83. The van der Waals surface area contributed by atoms with Crippen molar-refractivity contribution in [2.24, 2.45) is 0 Å². The number of carbonyl (C=O) groups excluding carboxylic acids is 1. The van der Waals surface area contributed by atoms with Crippen molar-refractivity contribution in [1.82, 2.24) is 0 Å². The average Bonchev–Trinajstić information content (AvgIpc) is 2.40. The average molecular weight is 304 g/mol. The summed E-state index contributed by atoms with van der Waals surface area (Å²) in [6.07, 6.45) is 0.178. The number of carboxylic acids is 1. The van der Waals surface area contributed by atoms with Crippen LogP contribution in [0.1, 0.15) is 21.5 Å². The minimum Gasteiger partial charge on any atom is -0.478 e. The molecule has 0 aromatic heterocycles. The largest absolute Gasteiger partial charge is 0.478 e. The molecule has 0 spiro atoms. The highest BCUT2D eigenvalue weighted by atomic mass is 35.5. The second-order valence-corrected chi connectivity index (χ2v) is 5.07. The number of benzene rings is 2. The molecule has 0 aliphatic rings. The van der Waals surface area contributed by atoms with Crippen molar-refractivity contribution in [1.29, 1.82) is 0 Å². The van der Waals surface area contributed by atoms with Crippen LogP contribution in [0.25, 0.3) is 0 Å². The van der Waals surface area contributed by atoms with Gasteiger partial charge in [-0.3, -0.25) is 4.79 Å². The predicted octanol–water partition coefficient (Wildman–Crippen LogP) is 3.53. The zero-order valence-corrected chi connectivity index (χ0v) is 12.1. The molecule has 0 saturated heterocycles. The minimum absolute atomic E-state index is 0.176. The molecule has 0 unspecified atom stereocenters. The summed E-state index contributed by atoms with van der Waals surface area (Å²) in [4.78, 5) is 23.1. The Hall–Kier alpha value is -2.33. The summed E-state index contributed by atoms with van der Waals surface area (Å²) in [5.74, 6) is -1.23. The highest BCUT2D eigenvalue weighted by Gasteiger charge is 2.12. The van der Waals surface area contributed by atoms with E-state index in [1.807, 2.05) is 6.07 Å². The van der Waals surface area contributed by atoms with Crippen molar-refractivity contribution < 1.29 is 14.7 Å². The molecule has 2 aromatic carbocycles. The number of carbonyl (C=O) groups is 2. The van der Waals surface area contributed by atoms with Crippen LogP contribution in [0.2, 0.25) is 5.02 Å². The molecular formula is C16H14ClNO3. The van der Waals surface area contributed by atoms with Crippen LogP contribution in [0.15, 0.2) is 42.5 Å². The molecule has 5 heteroatoms. The molecule has 21 heavy (non-hydrogen) atoms. The van der Waals surface area contributed by atoms with Crippen LogP contribution in [0, 0.1) is 6.92 Å². The van der Waals surface area contributed by atoms with Gasteiger partial charge < -0.3 is 10.4 Å². The third-order valence-electron chi connectivity index (χ3n) is 3.09. The zero-order chi connectivity index (χ0) is 15.4. The van der Waals surface area contributed by atoms with E-state index >= 15 is 0 Å². The van der Waals surface area contributed by atoms with Crippen LogP contribution in [0.5, 0.6) is 0 Å². The summed E-state index contributed by atoms with van der Waals surface area (Å²) >= 11 is 5.87. The van der Waals surface area contributed by atoms with Gasteiger partial charge in [-0.25, -0.2) is 4.79 Å². The number of rotatable bonds is 4. The lowest BCUT2D eigenvalue weighted by atomic mass is 10.1. The summed E-state index contributed by atoms with van der Waals surface area (Å²) in [6.45, 7) is 1.67. The fraction of sp³-hybridized carbons (Fsp3) is 0.125. The Bertz CT molecular complexity index is 698. The lowest BCUT2D eigenvalue weighted by molar-refractivity contribution is -0.115. The van der Waals surface area contributed by atoms with Crippen molar-refractivity contribution in [2.75, 3.05) is 5.32 Å². The highest BCUT2D eigenvalue weighted by Crippen LogP contribution is 2.19. The number of halogens is 1. The fourth-order valence-corrected chi connectivity index (χ4v) is 2.24. The zero-order valence-electron chi connectivity index (χ0n) is 11.4. The van der Waals surface area contributed by atoms with E-state index < -0.39 is 5.97 Å². The quantitative estimate of drug-likeness (QED) is 0.908. The van der Waals surface area contributed by atoms with E-state index in [-0.39, 0.29) is 17.9 Å². The SMILES string of the molecule is Cc1c(NC(=O)Cc2cccc(Cl)c2)cccc1C(=O)O. The van der Waals surface area contributed by atoms with E-state index in [4.69, 9.17) is 16.7 Å². The molecule has 0 bridgehead atoms. The number of anilines is 1. The van der Waals surface area contributed by atoms with Gasteiger partial charge in [-0.1, -0.05) is 29.8 Å². The first-order chi connectivity index (χ1) is 9.97. The summed E-state index contributed by atoms with van der Waals surface area (Å²) in [6, 6.07) is 11.8. The summed E-state index contributed by atoms with van der Waals surface area (Å²) in [5.41, 5.74) is 2.01. The van der Waals surface area contributed by atoms with Gasteiger partial charge in [0.25, 0.3) is 0 Å². The van der Waals surface area contributed by atoms with E-state index in [1.54, 1.807) is 37.3 Å². The Labute approximate surface area is 127 Å². The Kier molecular flexibility index (Phi) is 4.60. The molecule has 0 saturated carbocycles. The highest BCUT2D eigenvalue weighted by molar-refractivity contribution is 6.30. The van der Waals surface area contributed by atoms with Gasteiger partial charge in [0.1, 0.15) is 0 Å². The van der Waals surface area contributed by atoms with Gasteiger partial charge in [0, 0.05) is 10.7 Å². The van der Waals surface area contributed by atoms with Gasteiger partial charge in [0.15, 0.2) is 0 Å². The van der Waals surface area contributed by atoms with Crippen molar-refractivity contribution in [3.05, 3.63) is 64.2 Å². The predicted molar refractivity (Wildman–Crippen MR) is 81.9 cm³/mol. The Morgan fingerprint density at radius 2 is 1.90 bits per heavy atom. The standard InChI is InChI=1S/C16H14ClNO3/c1-10-13(16(20)21)6-3-7-14(10)18-15(19)9-11-4-2-5-12(17)8-11/h2-8H,9H2,1H3,(H,18,19)(H,20,21). The molecule has 2 N–H and O–H groups in total. The molecule has 0 radical (unpaired) electrons. The van der Waals surface area contributed by atoms with Crippen LogP contribution >= 0.6 is 11.6 Å². The van der Waals surface area contributed by atoms with Crippen LogP contribution < -0.4 is 5.32 Å². The first-order valence-electron chi connectivity index (χ1n) is 6.34. The normalized spacial score (nSPS) is 10.2. The van der Waals surface area contributed by atoms with E-state index in [2.05, 4.69) is 5.32 Å². The molecule has 2 rings (SSSR count).